The normalized spacial score (nSPS) is 18.2. The van der Waals surface area contributed by atoms with E-state index in [1.54, 1.807) is 17.9 Å². The van der Waals surface area contributed by atoms with Crippen molar-refractivity contribution in [1.82, 2.24) is 19.9 Å². The fourth-order valence-corrected chi connectivity index (χ4v) is 2.41. The molecule has 1 aromatic heterocycles. The second-order valence-electron chi connectivity index (χ2n) is 4.66. The number of carbonyl (C=O) groups is 1. The molecule has 1 aliphatic heterocycles. The van der Waals surface area contributed by atoms with Gasteiger partial charge in [-0.1, -0.05) is 11.3 Å². The van der Waals surface area contributed by atoms with Gasteiger partial charge >= 0.3 is 0 Å². The summed E-state index contributed by atoms with van der Waals surface area (Å²) in [5.74, 6) is 0.188. The van der Waals surface area contributed by atoms with E-state index in [9.17, 15) is 4.79 Å². The first-order chi connectivity index (χ1) is 9.17. The number of carbonyl (C=O) groups excluding carboxylic acids is 1. The summed E-state index contributed by atoms with van der Waals surface area (Å²) >= 11 is 0. The Hall–Kier alpha value is -1.69. The van der Waals surface area contributed by atoms with Crippen molar-refractivity contribution >= 4 is 5.91 Å². The predicted octanol–water partition coefficient (Wildman–Crippen LogP) is 0.946. The Bertz CT molecular complexity index is 469. The van der Waals surface area contributed by atoms with Crippen LogP contribution in [0.5, 0.6) is 0 Å². The minimum Gasteiger partial charge on any atom is -0.377 e. The molecule has 0 saturated heterocycles. The van der Waals surface area contributed by atoms with Gasteiger partial charge in [-0.25, -0.2) is 4.68 Å². The van der Waals surface area contributed by atoms with Crippen LogP contribution in [-0.2, 0) is 22.6 Å². The van der Waals surface area contributed by atoms with Gasteiger partial charge in [0.05, 0.1) is 25.5 Å². The number of fused-ring (bicyclic) bond motifs is 1. The molecule has 2 rings (SSSR count). The van der Waals surface area contributed by atoms with Crippen molar-refractivity contribution in [3.8, 4) is 0 Å². The molecule has 0 fully saturated rings. The molecule has 0 saturated carbocycles. The fraction of sp³-hybridized carbons (Fsp3) is 0.615. The second kappa shape index (κ2) is 5.97. The molecule has 0 spiro atoms. The Morgan fingerprint density at radius 2 is 2.42 bits per heavy atom. The van der Waals surface area contributed by atoms with Crippen LogP contribution in [0.4, 0.5) is 0 Å². The maximum Gasteiger partial charge on any atom is 0.219 e. The van der Waals surface area contributed by atoms with E-state index in [1.807, 2.05) is 11.6 Å². The standard InChI is InChI=1S/C13H20N4O2/c1-4-6-19-9-11-7-16(10(3)18)8-12-13(11)17(5-2)15-14-12/h4,11H,1,5-9H2,2-3H3. The molecular weight excluding hydrogens is 244 g/mol. The molecule has 19 heavy (non-hydrogen) atoms. The van der Waals surface area contributed by atoms with Crippen molar-refractivity contribution in [2.24, 2.45) is 0 Å². The van der Waals surface area contributed by atoms with E-state index in [0.717, 1.165) is 17.9 Å². The average Bonchev–Trinajstić information content (AvgIpc) is 2.81. The third kappa shape index (κ3) is 2.84. The topological polar surface area (TPSA) is 60.2 Å². The highest BCUT2D eigenvalue weighted by atomic mass is 16.5. The van der Waals surface area contributed by atoms with Crippen molar-refractivity contribution < 1.29 is 9.53 Å². The quantitative estimate of drug-likeness (QED) is 0.587. The van der Waals surface area contributed by atoms with E-state index in [2.05, 4.69) is 16.9 Å². The first kappa shape index (κ1) is 13.7. The Kier molecular flexibility index (Phi) is 4.31. The van der Waals surface area contributed by atoms with Gasteiger partial charge < -0.3 is 9.64 Å². The number of nitrogens with zero attached hydrogens (tertiary/aromatic N) is 4. The van der Waals surface area contributed by atoms with Gasteiger partial charge in [-0.15, -0.1) is 11.7 Å². The predicted molar refractivity (Wildman–Crippen MR) is 70.5 cm³/mol. The van der Waals surface area contributed by atoms with Crippen molar-refractivity contribution in [3.05, 3.63) is 24.0 Å². The van der Waals surface area contributed by atoms with Crippen molar-refractivity contribution in [2.45, 2.75) is 32.9 Å². The summed E-state index contributed by atoms with van der Waals surface area (Å²) < 4.78 is 7.45. The summed E-state index contributed by atoms with van der Waals surface area (Å²) in [4.78, 5) is 13.4. The molecule has 1 atom stereocenters. The Labute approximate surface area is 113 Å². The molecule has 0 bridgehead atoms. The maximum atomic E-state index is 11.6. The summed E-state index contributed by atoms with van der Waals surface area (Å²) in [7, 11) is 0. The van der Waals surface area contributed by atoms with Crippen molar-refractivity contribution in [1.29, 1.82) is 0 Å². The van der Waals surface area contributed by atoms with Crippen molar-refractivity contribution in [2.75, 3.05) is 19.8 Å². The Morgan fingerprint density at radius 3 is 3.05 bits per heavy atom. The highest BCUT2D eigenvalue weighted by Gasteiger charge is 2.31. The summed E-state index contributed by atoms with van der Waals surface area (Å²) in [6.45, 7) is 10.3. The first-order valence-corrected chi connectivity index (χ1v) is 6.53. The Morgan fingerprint density at radius 1 is 1.63 bits per heavy atom. The molecule has 104 valence electrons. The monoisotopic (exact) mass is 264 g/mol. The van der Waals surface area contributed by atoms with E-state index in [4.69, 9.17) is 4.74 Å². The number of aromatic nitrogens is 3. The van der Waals surface area contributed by atoms with Gasteiger partial charge in [-0.05, 0) is 6.92 Å². The lowest BCUT2D eigenvalue weighted by Gasteiger charge is -2.31. The van der Waals surface area contributed by atoms with Gasteiger partial charge in [0, 0.05) is 25.9 Å². The van der Waals surface area contributed by atoms with Gasteiger partial charge in [0.15, 0.2) is 0 Å². The molecule has 2 heterocycles. The van der Waals surface area contributed by atoms with Crippen molar-refractivity contribution in [3.63, 3.8) is 0 Å². The van der Waals surface area contributed by atoms with Crippen LogP contribution in [0.25, 0.3) is 0 Å². The number of hydrogen-bond acceptors (Lipinski definition) is 4. The van der Waals surface area contributed by atoms with Crippen LogP contribution in [0.15, 0.2) is 12.7 Å². The number of aryl methyl sites for hydroxylation is 1. The highest BCUT2D eigenvalue weighted by Crippen LogP contribution is 2.27. The summed E-state index contributed by atoms with van der Waals surface area (Å²) in [6.07, 6.45) is 1.72. The van der Waals surface area contributed by atoms with Crippen LogP contribution < -0.4 is 0 Å². The fourth-order valence-electron chi connectivity index (χ4n) is 2.41. The second-order valence-corrected chi connectivity index (χ2v) is 4.66. The molecule has 0 radical (unpaired) electrons. The molecule has 1 aliphatic rings. The number of ether oxygens (including phenoxy) is 1. The highest BCUT2D eigenvalue weighted by molar-refractivity contribution is 5.73. The molecule has 0 aliphatic carbocycles. The lowest BCUT2D eigenvalue weighted by atomic mass is 9.99. The molecule has 1 aromatic rings. The zero-order chi connectivity index (χ0) is 13.8. The number of rotatable bonds is 5. The van der Waals surface area contributed by atoms with E-state index < -0.39 is 0 Å². The number of amides is 1. The van der Waals surface area contributed by atoms with E-state index in [0.29, 0.717) is 26.3 Å². The smallest absolute Gasteiger partial charge is 0.219 e. The third-order valence-corrected chi connectivity index (χ3v) is 3.31. The lowest BCUT2D eigenvalue weighted by Crippen LogP contribution is -2.39. The zero-order valence-corrected chi connectivity index (χ0v) is 11.5. The van der Waals surface area contributed by atoms with Gasteiger partial charge in [-0.3, -0.25) is 4.79 Å². The van der Waals surface area contributed by atoms with Gasteiger partial charge in [0.1, 0.15) is 5.69 Å². The molecule has 1 unspecified atom stereocenters. The van der Waals surface area contributed by atoms with Crippen LogP contribution in [0, 0.1) is 0 Å². The molecule has 6 nitrogen and oxygen atoms in total. The largest absolute Gasteiger partial charge is 0.377 e. The van der Waals surface area contributed by atoms with Gasteiger partial charge in [0.25, 0.3) is 0 Å². The minimum atomic E-state index is 0.0606. The number of hydrogen-bond donors (Lipinski definition) is 0. The third-order valence-electron chi connectivity index (χ3n) is 3.31. The zero-order valence-electron chi connectivity index (χ0n) is 11.5. The van der Waals surface area contributed by atoms with Crippen LogP contribution in [-0.4, -0.2) is 45.6 Å². The van der Waals surface area contributed by atoms with Crippen LogP contribution in [0.1, 0.15) is 31.2 Å². The SMILES string of the molecule is C=CCOCC1CN(C(C)=O)Cc2nnn(CC)c21. The van der Waals surface area contributed by atoms with Crippen LogP contribution >= 0.6 is 0 Å². The molecule has 0 N–H and O–H groups in total. The lowest BCUT2D eigenvalue weighted by molar-refractivity contribution is -0.130. The molecule has 6 heteroatoms. The van der Waals surface area contributed by atoms with Crippen LogP contribution in [0.2, 0.25) is 0 Å². The summed E-state index contributed by atoms with van der Waals surface area (Å²) in [5, 5.41) is 8.32. The van der Waals surface area contributed by atoms with E-state index >= 15 is 0 Å². The van der Waals surface area contributed by atoms with Crippen LogP contribution in [0.3, 0.4) is 0 Å². The molecule has 0 aromatic carbocycles. The van der Waals surface area contributed by atoms with Gasteiger partial charge in [-0.2, -0.15) is 0 Å². The average molecular weight is 264 g/mol. The maximum absolute atomic E-state index is 11.6. The Balaban J connectivity index is 2.22. The summed E-state index contributed by atoms with van der Waals surface area (Å²) in [6, 6.07) is 0. The first-order valence-electron chi connectivity index (χ1n) is 6.53. The molecular formula is C13H20N4O2. The summed E-state index contributed by atoms with van der Waals surface area (Å²) in [5.41, 5.74) is 1.99. The molecule has 1 amide bonds. The van der Waals surface area contributed by atoms with Gasteiger partial charge in [0.2, 0.25) is 5.91 Å². The minimum absolute atomic E-state index is 0.0606. The van der Waals surface area contributed by atoms with E-state index in [1.165, 1.54) is 0 Å². The van der Waals surface area contributed by atoms with E-state index in [-0.39, 0.29) is 11.8 Å².